The third-order valence-corrected chi connectivity index (χ3v) is 7.45. The van der Waals surface area contributed by atoms with Crippen LogP contribution in [0.2, 0.25) is 0 Å². The third kappa shape index (κ3) is 10.1. The molecule has 0 unspecified atom stereocenters. The van der Waals surface area contributed by atoms with Gasteiger partial charge in [-0.2, -0.15) is 0 Å². The van der Waals surface area contributed by atoms with Crippen LogP contribution in [0.15, 0.2) is 42.5 Å². The molecule has 0 saturated carbocycles. The Balaban J connectivity index is 0.00000560. The summed E-state index contributed by atoms with van der Waals surface area (Å²) in [5.74, 6) is 0.669. The topological polar surface area (TPSA) is 91.5 Å². The van der Waals surface area contributed by atoms with Crippen molar-refractivity contribution in [2.45, 2.75) is 72.1 Å². The Morgan fingerprint density at radius 2 is 1.52 bits per heavy atom. The second kappa shape index (κ2) is 16.7. The summed E-state index contributed by atoms with van der Waals surface area (Å²) in [5.41, 5.74) is 3.31. The first-order chi connectivity index (χ1) is 18.8. The van der Waals surface area contributed by atoms with E-state index in [0.29, 0.717) is 23.4 Å². The highest BCUT2D eigenvalue weighted by Crippen LogP contribution is 2.30. The van der Waals surface area contributed by atoms with Crippen molar-refractivity contribution in [2.75, 3.05) is 37.2 Å². The standard InChI is InChI=1S/C31H45N3O4S.ClH/c1-5-8-12-29-30(27-23-25(33-39(4,36)37)15-18-28(27)32-29)31(35)24-13-16-26(17-14-24)38-22-11-21-34(19-9-6-2)20-10-7-3;/h13-18,23,32-33H,5-12,19-22H2,1-4H3;1H. The number of rotatable bonds is 18. The number of sulfonamides is 1. The van der Waals surface area contributed by atoms with Crippen LogP contribution in [0.25, 0.3) is 10.9 Å². The molecule has 2 aromatic carbocycles. The number of aryl methyl sites for hydroxylation is 1. The second-order valence-electron chi connectivity index (χ2n) is 10.3. The number of carbonyl (C=O) groups excluding carboxylic acids is 1. The second-order valence-corrected chi connectivity index (χ2v) is 12.1. The van der Waals surface area contributed by atoms with Crippen LogP contribution in [0, 0.1) is 0 Å². The van der Waals surface area contributed by atoms with E-state index in [1.807, 2.05) is 30.3 Å². The number of ketones is 1. The van der Waals surface area contributed by atoms with Crippen LogP contribution in [-0.4, -0.2) is 56.6 Å². The van der Waals surface area contributed by atoms with E-state index < -0.39 is 10.0 Å². The fourth-order valence-electron chi connectivity index (χ4n) is 4.75. The molecule has 1 heterocycles. The first-order valence-corrected chi connectivity index (χ1v) is 16.3. The van der Waals surface area contributed by atoms with Crippen molar-refractivity contribution in [1.29, 1.82) is 0 Å². The van der Waals surface area contributed by atoms with Gasteiger partial charge in [-0.15, -0.1) is 12.4 Å². The zero-order valence-electron chi connectivity index (χ0n) is 24.4. The van der Waals surface area contributed by atoms with Crippen molar-refractivity contribution in [3.05, 3.63) is 59.3 Å². The zero-order chi connectivity index (χ0) is 28.3. The highest BCUT2D eigenvalue weighted by molar-refractivity contribution is 7.92. The maximum absolute atomic E-state index is 13.7. The number of halogens is 1. The van der Waals surface area contributed by atoms with E-state index >= 15 is 0 Å². The number of aromatic nitrogens is 1. The lowest BCUT2D eigenvalue weighted by molar-refractivity contribution is 0.103. The lowest BCUT2D eigenvalue weighted by atomic mass is 9.98. The molecule has 0 atom stereocenters. The highest BCUT2D eigenvalue weighted by Gasteiger charge is 2.20. The first kappa shape index (κ1) is 33.7. The van der Waals surface area contributed by atoms with Crippen molar-refractivity contribution in [3.63, 3.8) is 0 Å². The number of fused-ring (bicyclic) bond motifs is 1. The van der Waals surface area contributed by atoms with Crippen LogP contribution < -0.4 is 9.46 Å². The molecule has 3 rings (SSSR count). The summed E-state index contributed by atoms with van der Waals surface area (Å²) >= 11 is 0. The number of benzene rings is 2. The quantitative estimate of drug-likeness (QED) is 0.120. The summed E-state index contributed by atoms with van der Waals surface area (Å²) in [4.78, 5) is 19.6. The minimum Gasteiger partial charge on any atom is -0.494 e. The molecule has 0 spiro atoms. The molecule has 0 bridgehead atoms. The van der Waals surface area contributed by atoms with E-state index in [-0.39, 0.29) is 18.2 Å². The molecule has 2 N–H and O–H groups in total. The maximum Gasteiger partial charge on any atom is 0.229 e. The molecule has 0 aliphatic rings. The van der Waals surface area contributed by atoms with Crippen molar-refractivity contribution < 1.29 is 17.9 Å². The Morgan fingerprint density at radius 1 is 0.900 bits per heavy atom. The van der Waals surface area contributed by atoms with Crippen molar-refractivity contribution in [1.82, 2.24) is 9.88 Å². The Morgan fingerprint density at radius 3 is 2.12 bits per heavy atom. The van der Waals surface area contributed by atoms with Crippen LogP contribution in [0.1, 0.15) is 87.3 Å². The van der Waals surface area contributed by atoms with Gasteiger partial charge in [0.05, 0.1) is 18.4 Å². The van der Waals surface area contributed by atoms with Crippen LogP contribution >= 0.6 is 12.4 Å². The molecule has 7 nitrogen and oxygen atoms in total. The largest absolute Gasteiger partial charge is 0.494 e. The molecule has 1 aromatic heterocycles. The SMILES string of the molecule is CCCCc1[nH]c2ccc(NS(C)(=O)=O)cc2c1C(=O)c1ccc(OCCCN(CCCC)CCCC)cc1.Cl. The number of unbranched alkanes of at least 4 members (excludes halogenated alkanes) is 3. The van der Waals surface area contributed by atoms with Gasteiger partial charge in [-0.05, 0) is 87.7 Å². The predicted octanol–water partition coefficient (Wildman–Crippen LogP) is 7.21. The van der Waals surface area contributed by atoms with E-state index in [0.717, 1.165) is 73.9 Å². The van der Waals surface area contributed by atoms with Gasteiger partial charge < -0.3 is 14.6 Å². The fourth-order valence-corrected chi connectivity index (χ4v) is 5.30. The number of H-pyrrole nitrogens is 1. The monoisotopic (exact) mass is 591 g/mol. The normalized spacial score (nSPS) is 11.5. The Bertz CT molecular complexity index is 1300. The summed E-state index contributed by atoms with van der Waals surface area (Å²) in [7, 11) is -3.43. The summed E-state index contributed by atoms with van der Waals surface area (Å²) < 4.78 is 32.0. The number of nitrogens with zero attached hydrogens (tertiary/aromatic N) is 1. The van der Waals surface area contributed by atoms with Crippen LogP contribution in [0.4, 0.5) is 5.69 Å². The average Bonchev–Trinajstić information content (AvgIpc) is 3.27. The Hall–Kier alpha value is -2.55. The molecule has 0 aliphatic carbocycles. The Kier molecular flexibility index (Phi) is 14.0. The molecular weight excluding hydrogens is 546 g/mol. The smallest absolute Gasteiger partial charge is 0.229 e. The van der Waals surface area contributed by atoms with E-state index in [2.05, 4.69) is 35.4 Å². The fraction of sp³-hybridized carbons (Fsp3) is 0.516. The van der Waals surface area contributed by atoms with Gasteiger partial charge >= 0.3 is 0 Å². The van der Waals surface area contributed by atoms with Crippen LogP contribution in [-0.2, 0) is 16.4 Å². The van der Waals surface area contributed by atoms with E-state index in [9.17, 15) is 13.2 Å². The minimum atomic E-state index is -3.43. The van der Waals surface area contributed by atoms with Crippen LogP contribution in [0.3, 0.4) is 0 Å². The van der Waals surface area contributed by atoms with Gasteiger partial charge in [-0.25, -0.2) is 8.42 Å². The third-order valence-electron chi connectivity index (χ3n) is 6.85. The lowest BCUT2D eigenvalue weighted by Gasteiger charge is -2.21. The molecule has 40 heavy (non-hydrogen) atoms. The van der Waals surface area contributed by atoms with Crippen molar-refractivity contribution in [2.24, 2.45) is 0 Å². The molecule has 0 amide bonds. The molecule has 0 aliphatic heterocycles. The van der Waals surface area contributed by atoms with E-state index in [4.69, 9.17) is 4.74 Å². The van der Waals surface area contributed by atoms with Gasteiger partial charge in [0.25, 0.3) is 0 Å². The average molecular weight is 592 g/mol. The van der Waals surface area contributed by atoms with Gasteiger partial charge in [0.15, 0.2) is 5.78 Å². The molecule has 0 fully saturated rings. The Labute approximate surface area is 246 Å². The van der Waals surface area contributed by atoms with Gasteiger partial charge in [0.1, 0.15) is 5.75 Å². The molecule has 222 valence electrons. The highest BCUT2D eigenvalue weighted by atomic mass is 35.5. The van der Waals surface area contributed by atoms with Gasteiger partial charge in [-0.1, -0.05) is 40.0 Å². The number of hydrogen-bond acceptors (Lipinski definition) is 5. The lowest BCUT2D eigenvalue weighted by Crippen LogP contribution is -2.28. The minimum absolute atomic E-state index is 0. The first-order valence-electron chi connectivity index (χ1n) is 14.4. The van der Waals surface area contributed by atoms with Crippen molar-refractivity contribution in [3.8, 4) is 5.75 Å². The van der Waals surface area contributed by atoms with Gasteiger partial charge in [0, 0.05) is 34.4 Å². The number of nitrogens with one attached hydrogen (secondary N) is 2. The molecule has 0 saturated heterocycles. The number of hydrogen-bond donors (Lipinski definition) is 2. The predicted molar refractivity (Wildman–Crippen MR) is 169 cm³/mol. The summed E-state index contributed by atoms with van der Waals surface area (Å²) in [6, 6.07) is 12.6. The zero-order valence-corrected chi connectivity index (χ0v) is 26.1. The number of aromatic amines is 1. The number of anilines is 1. The van der Waals surface area contributed by atoms with E-state index in [1.54, 1.807) is 12.1 Å². The van der Waals surface area contributed by atoms with Crippen LogP contribution in [0.5, 0.6) is 5.75 Å². The van der Waals surface area contributed by atoms with E-state index in [1.165, 1.54) is 25.7 Å². The summed E-state index contributed by atoms with van der Waals surface area (Å²) in [6.45, 7) is 10.5. The summed E-state index contributed by atoms with van der Waals surface area (Å²) in [5, 5.41) is 0.718. The number of ether oxygens (including phenoxy) is 1. The van der Waals surface area contributed by atoms with Gasteiger partial charge in [0.2, 0.25) is 10.0 Å². The maximum atomic E-state index is 13.7. The van der Waals surface area contributed by atoms with Crippen molar-refractivity contribution >= 4 is 44.8 Å². The molecular formula is C31H46ClN3O4S. The molecule has 0 radical (unpaired) electrons. The van der Waals surface area contributed by atoms with Gasteiger partial charge in [-0.3, -0.25) is 9.52 Å². The molecule has 3 aromatic rings. The molecule has 9 heteroatoms. The summed E-state index contributed by atoms with van der Waals surface area (Å²) in [6.07, 6.45) is 9.66. The number of carbonyl (C=O) groups is 1.